The molecule has 0 atom stereocenters. The largest absolute Gasteiger partial charge is 0.333 e. The van der Waals surface area contributed by atoms with E-state index in [1.54, 1.807) is 0 Å². The van der Waals surface area contributed by atoms with Gasteiger partial charge >= 0.3 is 6.03 Å². The van der Waals surface area contributed by atoms with E-state index >= 15 is 0 Å². The zero-order chi connectivity index (χ0) is 20.3. The molecule has 2 amide bonds. The van der Waals surface area contributed by atoms with Crippen molar-refractivity contribution < 1.29 is 4.79 Å². The minimum atomic E-state index is -0.196. The lowest BCUT2D eigenvalue weighted by Crippen LogP contribution is -2.50. The van der Waals surface area contributed by atoms with Crippen molar-refractivity contribution in [1.82, 2.24) is 30.1 Å². The Bertz CT molecular complexity index is 634. The summed E-state index contributed by atoms with van der Waals surface area (Å²) < 4.78 is 2.02. The molecular formula is C21H38N6O. The molecule has 0 unspecified atom stereocenters. The highest BCUT2D eigenvalue weighted by atomic mass is 16.2. The normalized spacial score (nSPS) is 20.7. The number of carbonyl (C=O) groups excluding carboxylic acids is 1. The maximum Gasteiger partial charge on any atom is 0.317 e. The average molecular weight is 391 g/mol. The summed E-state index contributed by atoms with van der Waals surface area (Å²) >= 11 is 0. The van der Waals surface area contributed by atoms with E-state index in [4.69, 9.17) is 0 Å². The number of hydrogen-bond donors (Lipinski definition) is 1. The molecule has 1 aromatic heterocycles. The van der Waals surface area contributed by atoms with E-state index in [1.165, 1.54) is 12.8 Å². The van der Waals surface area contributed by atoms with Crippen LogP contribution in [0.15, 0.2) is 6.20 Å². The summed E-state index contributed by atoms with van der Waals surface area (Å²) in [6.07, 6.45) is 6.56. The Morgan fingerprint density at radius 3 is 2.36 bits per heavy atom. The second-order valence-corrected chi connectivity index (χ2v) is 9.95. The minimum absolute atomic E-state index is 0.0371. The number of urea groups is 1. The molecule has 158 valence electrons. The van der Waals surface area contributed by atoms with E-state index in [0.29, 0.717) is 6.04 Å². The molecule has 1 N–H and O–H groups in total. The fourth-order valence-corrected chi connectivity index (χ4v) is 4.30. The van der Waals surface area contributed by atoms with Crippen LogP contribution in [0.25, 0.3) is 0 Å². The lowest BCUT2D eigenvalue weighted by molar-refractivity contribution is 0.150. The summed E-state index contributed by atoms with van der Waals surface area (Å²) in [4.78, 5) is 16.7. The molecule has 3 rings (SSSR count). The highest BCUT2D eigenvalue weighted by Gasteiger charge is 2.27. The lowest BCUT2D eigenvalue weighted by Gasteiger charge is -2.34. The standard InChI is InChI=1S/C21H38N6O/c1-16(2)17-6-10-25(11-7-17)14-18-15-27(24-23-18)19-8-12-26(13-9-19)20(28)22-21(3,4)5/h15-17,19H,6-14H2,1-5H3,(H,22,28). The zero-order valence-corrected chi connectivity index (χ0v) is 18.3. The Balaban J connectivity index is 1.46. The molecule has 0 saturated carbocycles. The fourth-order valence-electron chi connectivity index (χ4n) is 4.30. The van der Waals surface area contributed by atoms with Crippen molar-refractivity contribution in [2.24, 2.45) is 11.8 Å². The van der Waals surface area contributed by atoms with Gasteiger partial charge in [0.05, 0.1) is 17.9 Å². The van der Waals surface area contributed by atoms with Crippen molar-refractivity contribution in [1.29, 1.82) is 0 Å². The van der Waals surface area contributed by atoms with Gasteiger partial charge in [0.15, 0.2) is 0 Å². The zero-order valence-electron chi connectivity index (χ0n) is 18.3. The number of amides is 2. The Labute approximate surface area is 169 Å². The Morgan fingerprint density at radius 2 is 1.79 bits per heavy atom. The molecule has 7 heteroatoms. The fraction of sp³-hybridized carbons (Fsp3) is 0.857. The molecule has 0 bridgehead atoms. The predicted octanol–water partition coefficient (Wildman–Crippen LogP) is 3.29. The van der Waals surface area contributed by atoms with Gasteiger partial charge in [-0.15, -0.1) is 5.10 Å². The molecule has 0 aromatic carbocycles. The molecule has 1 aromatic rings. The summed E-state index contributed by atoms with van der Waals surface area (Å²) in [6.45, 7) is 15.5. The molecule has 3 heterocycles. The lowest BCUT2D eigenvalue weighted by atomic mass is 9.87. The Hall–Kier alpha value is -1.63. The SMILES string of the molecule is CC(C)C1CCN(Cc2cn(C3CCN(C(=O)NC(C)(C)C)CC3)nn2)CC1. The van der Waals surface area contributed by atoms with Gasteiger partial charge in [-0.25, -0.2) is 9.48 Å². The summed E-state index contributed by atoms with van der Waals surface area (Å²) in [7, 11) is 0. The molecule has 0 radical (unpaired) electrons. The van der Waals surface area contributed by atoms with E-state index in [1.807, 2.05) is 30.4 Å². The Kier molecular flexibility index (Phi) is 6.63. The molecule has 2 fully saturated rings. The number of piperidine rings is 2. The van der Waals surface area contributed by atoms with Crippen molar-refractivity contribution >= 4 is 6.03 Å². The van der Waals surface area contributed by atoms with Crippen molar-refractivity contribution in [3.8, 4) is 0 Å². The molecule has 0 aliphatic carbocycles. The number of nitrogens with zero attached hydrogens (tertiary/aromatic N) is 5. The second-order valence-electron chi connectivity index (χ2n) is 9.95. The van der Waals surface area contributed by atoms with E-state index in [9.17, 15) is 4.79 Å². The molecular weight excluding hydrogens is 352 g/mol. The minimum Gasteiger partial charge on any atom is -0.333 e. The van der Waals surface area contributed by atoms with Crippen LogP contribution in [0.2, 0.25) is 0 Å². The molecule has 2 saturated heterocycles. The van der Waals surface area contributed by atoms with Gasteiger partial charge in [-0.1, -0.05) is 19.1 Å². The monoisotopic (exact) mass is 390 g/mol. The van der Waals surface area contributed by atoms with Crippen molar-refractivity contribution in [3.05, 3.63) is 11.9 Å². The van der Waals surface area contributed by atoms with Crippen LogP contribution in [-0.2, 0) is 6.54 Å². The highest BCUT2D eigenvalue weighted by Crippen LogP contribution is 2.26. The summed E-state index contributed by atoms with van der Waals surface area (Å²) in [5, 5.41) is 11.9. The quantitative estimate of drug-likeness (QED) is 0.857. The van der Waals surface area contributed by atoms with Crippen LogP contribution in [0, 0.1) is 11.8 Å². The van der Waals surface area contributed by atoms with Gasteiger partial charge in [-0.3, -0.25) is 4.90 Å². The van der Waals surface area contributed by atoms with E-state index < -0.39 is 0 Å². The van der Waals surface area contributed by atoms with Gasteiger partial charge in [0.1, 0.15) is 0 Å². The molecule has 2 aliphatic rings. The number of carbonyl (C=O) groups is 1. The van der Waals surface area contributed by atoms with Gasteiger partial charge in [0.25, 0.3) is 0 Å². The first-order valence-electron chi connectivity index (χ1n) is 10.9. The number of nitrogens with one attached hydrogen (secondary N) is 1. The third-order valence-corrected chi connectivity index (χ3v) is 6.13. The predicted molar refractivity (Wildman–Crippen MR) is 111 cm³/mol. The van der Waals surface area contributed by atoms with Crippen LogP contribution in [0.4, 0.5) is 4.79 Å². The van der Waals surface area contributed by atoms with Gasteiger partial charge in [-0.05, 0) is 71.4 Å². The smallest absolute Gasteiger partial charge is 0.317 e. The molecule has 7 nitrogen and oxygen atoms in total. The maximum atomic E-state index is 12.3. The molecule has 0 spiro atoms. The van der Waals surface area contributed by atoms with Crippen LogP contribution in [0.5, 0.6) is 0 Å². The van der Waals surface area contributed by atoms with Crippen LogP contribution in [0.1, 0.15) is 72.0 Å². The van der Waals surface area contributed by atoms with E-state index in [2.05, 4.69) is 40.6 Å². The third kappa shape index (κ3) is 5.69. The molecule has 28 heavy (non-hydrogen) atoms. The highest BCUT2D eigenvalue weighted by molar-refractivity contribution is 5.75. The molecule has 2 aliphatic heterocycles. The first-order chi connectivity index (χ1) is 13.2. The number of hydrogen-bond acceptors (Lipinski definition) is 4. The first-order valence-corrected chi connectivity index (χ1v) is 10.9. The van der Waals surface area contributed by atoms with Crippen molar-refractivity contribution in [3.63, 3.8) is 0 Å². The van der Waals surface area contributed by atoms with E-state index in [-0.39, 0.29) is 11.6 Å². The first kappa shape index (κ1) is 21.1. The second kappa shape index (κ2) is 8.80. The number of aromatic nitrogens is 3. The average Bonchev–Trinajstić information content (AvgIpc) is 3.09. The van der Waals surface area contributed by atoms with Crippen LogP contribution < -0.4 is 5.32 Å². The van der Waals surface area contributed by atoms with Gasteiger partial charge in [-0.2, -0.15) is 0 Å². The van der Waals surface area contributed by atoms with Crippen LogP contribution in [-0.4, -0.2) is 62.5 Å². The third-order valence-electron chi connectivity index (χ3n) is 6.13. The maximum absolute atomic E-state index is 12.3. The van der Waals surface area contributed by atoms with Gasteiger partial charge in [0, 0.05) is 25.2 Å². The van der Waals surface area contributed by atoms with Crippen LogP contribution in [0.3, 0.4) is 0 Å². The Morgan fingerprint density at radius 1 is 1.14 bits per heavy atom. The summed E-state index contributed by atoms with van der Waals surface area (Å²) in [5.41, 5.74) is 0.870. The van der Waals surface area contributed by atoms with Crippen molar-refractivity contribution in [2.75, 3.05) is 26.2 Å². The number of likely N-dealkylation sites (tertiary alicyclic amines) is 2. The van der Waals surface area contributed by atoms with Crippen molar-refractivity contribution in [2.45, 2.75) is 78.4 Å². The summed E-state index contributed by atoms with van der Waals surface area (Å²) in [6, 6.07) is 0.377. The van der Waals surface area contributed by atoms with E-state index in [0.717, 1.165) is 63.1 Å². The van der Waals surface area contributed by atoms with Gasteiger partial charge < -0.3 is 10.2 Å². The van der Waals surface area contributed by atoms with Crippen LogP contribution >= 0.6 is 0 Å². The topological polar surface area (TPSA) is 66.3 Å². The number of rotatable bonds is 4. The van der Waals surface area contributed by atoms with Gasteiger partial charge in [0.2, 0.25) is 0 Å². The summed E-state index contributed by atoms with van der Waals surface area (Å²) in [5.74, 6) is 1.66.